The molecule has 0 amide bonds. The molecule has 3 heteroatoms. The molecule has 0 radical (unpaired) electrons. The van der Waals surface area contributed by atoms with Gasteiger partial charge in [-0.25, -0.2) is 4.57 Å². The number of nitrogens with zero attached hydrogens (tertiary/aromatic N) is 1. The molecule has 0 bridgehead atoms. The molecule has 0 fully saturated rings. The highest BCUT2D eigenvalue weighted by atomic mass is 16.5. The third kappa shape index (κ3) is 2.62. The molecule has 3 aromatic rings. The third-order valence-corrected chi connectivity index (χ3v) is 3.86. The van der Waals surface area contributed by atoms with E-state index >= 15 is 0 Å². The SMILES string of the molecule is COc1ccc2c(Cc3ccccc3)c[n+](C)cc2c1OC. The molecule has 0 saturated carbocycles. The van der Waals surface area contributed by atoms with Crippen LogP contribution in [0.25, 0.3) is 10.8 Å². The number of aryl methyl sites for hydroxylation is 1. The number of benzene rings is 2. The maximum atomic E-state index is 5.57. The number of methoxy groups -OCH3 is 2. The van der Waals surface area contributed by atoms with E-state index in [0.717, 1.165) is 23.3 Å². The molecular formula is C19H20NO2+. The Kier molecular flexibility index (Phi) is 3.96. The van der Waals surface area contributed by atoms with Crippen LogP contribution in [0.5, 0.6) is 11.5 Å². The summed E-state index contributed by atoms with van der Waals surface area (Å²) in [5, 5.41) is 2.26. The van der Waals surface area contributed by atoms with Crippen LogP contribution in [0, 0.1) is 0 Å². The summed E-state index contributed by atoms with van der Waals surface area (Å²) in [4.78, 5) is 0. The van der Waals surface area contributed by atoms with Crippen molar-refractivity contribution in [3.05, 3.63) is 66.0 Å². The van der Waals surface area contributed by atoms with Gasteiger partial charge in [-0.05, 0) is 17.7 Å². The highest BCUT2D eigenvalue weighted by molar-refractivity contribution is 5.92. The molecule has 0 atom stereocenters. The smallest absolute Gasteiger partial charge is 0.180 e. The van der Waals surface area contributed by atoms with Crippen LogP contribution in [0.2, 0.25) is 0 Å². The normalized spacial score (nSPS) is 10.7. The molecule has 0 spiro atoms. The highest BCUT2D eigenvalue weighted by Crippen LogP contribution is 2.36. The standard InChI is InChI=1S/C19H20NO2/c1-20-12-15(11-14-7-5-4-6-8-14)16-9-10-18(21-2)19(22-3)17(16)13-20/h4-10,12-13H,11H2,1-3H3/q+1. The number of pyridine rings is 1. The molecule has 0 unspecified atom stereocenters. The Hall–Kier alpha value is -2.55. The summed E-state index contributed by atoms with van der Waals surface area (Å²) in [6, 6.07) is 14.6. The average molecular weight is 294 g/mol. The van der Waals surface area contributed by atoms with Gasteiger partial charge in [0.2, 0.25) is 0 Å². The van der Waals surface area contributed by atoms with Gasteiger partial charge >= 0.3 is 0 Å². The maximum Gasteiger partial charge on any atom is 0.180 e. The zero-order valence-electron chi connectivity index (χ0n) is 13.2. The first-order valence-electron chi connectivity index (χ1n) is 7.29. The van der Waals surface area contributed by atoms with Gasteiger partial charge in [0.1, 0.15) is 7.05 Å². The summed E-state index contributed by atoms with van der Waals surface area (Å²) in [7, 11) is 5.38. The van der Waals surface area contributed by atoms with Crippen molar-refractivity contribution in [1.82, 2.24) is 0 Å². The zero-order chi connectivity index (χ0) is 15.5. The number of hydrogen-bond acceptors (Lipinski definition) is 2. The largest absolute Gasteiger partial charge is 0.493 e. The Morgan fingerprint density at radius 2 is 1.64 bits per heavy atom. The molecule has 22 heavy (non-hydrogen) atoms. The van der Waals surface area contributed by atoms with Crippen LogP contribution < -0.4 is 14.0 Å². The first-order valence-corrected chi connectivity index (χ1v) is 7.29. The summed E-state index contributed by atoms with van der Waals surface area (Å²) in [6.45, 7) is 0. The molecular weight excluding hydrogens is 274 g/mol. The minimum atomic E-state index is 0.756. The van der Waals surface area contributed by atoms with Crippen LogP contribution in [0.1, 0.15) is 11.1 Å². The van der Waals surface area contributed by atoms with Gasteiger partial charge in [0.15, 0.2) is 23.9 Å². The van der Waals surface area contributed by atoms with E-state index in [-0.39, 0.29) is 0 Å². The van der Waals surface area contributed by atoms with Crippen molar-refractivity contribution in [2.45, 2.75) is 6.42 Å². The number of ether oxygens (including phenoxy) is 2. The van der Waals surface area contributed by atoms with Gasteiger partial charge in [-0.3, -0.25) is 0 Å². The van der Waals surface area contributed by atoms with Gasteiger partial charge in [0.25, 0.3) is 0 Å². The lowest BCUT2D eigenvalue weighted by Crippen LogP contribution is -2.27. The summed E-state index contributed by atoms with van der Waals surface area (Å²) < 4.78 is 13.1. The summed E-state index contributed by atoms with van der Waals surface area (Å²) in [6.07, 6.45) is 5.13. The van der Waals surface area contributed by atoms with Crippen molar-refractivity contribution in [3.8, 4) is 11.5 Å². The van der Waals surface area contributed by atoms with Gasteiger partial charge in [0.05, 0.1) is 19.6 Å². The molecule has 2 aromatic carbocycles. The van der Waals surface area contributed by atoms with Crippen LogP contribution in [0.4, 0.5) is 0 Å². The third-order valence-electron chi connectivity index (χ3n) is 3.86. The molecule has 3 nitrogen and oxygen atoms in total. The first kappa shape index (κ1) is 14.4. The maximum absolute atomic E-state index is 5.57. The fourth-order valence-electron chi connectivity index (χ4n) is 2.87. The topological polar surface area (TPSA) is 22.3 Å². The van der Waals surface area contributed by atoms with Crippen molar-refractivity contribution in [2.75, 3.05) is 14.2 Å². The molecule has 3 rings (SSSR count). The van der Waals surface area contributed by atoms with E-state index in [1.54, 1.807) is 14.2 Å². The Bertz CT molecular complexity index is 797. The molecule has 112 valence electrons. The number of hydrogen-bond donors (Lipinski definition) is 0. The van der Waals surface area contributed by atoms with Crippen LogP contribution >= 0.6 is 0 Å². The van der Waals surface area contributed by atoms with Crippen LogP contribution in [-0.2, 0) is 13.5 Å². The predicted octanol–water partition coefficient (Wildman–Crippen LogP) is 3.27. The van der Waals surface area contributed by atoms with E-state index in [1.165, 1.54) is 16.5 Å². The van der Waals surface area contributed by atoms with Gasteiger partial charge in [0, 0.05) is 17.4 Å². The molecule has 0 aliphatic heterocycles. The summed E-state index contributed by atoms with van der Waals surface area (Å²) in [5.41, 5.74) is 2.57. The quantitative estimate of drug-likeness (QED) is 0.689. The lowest BCUT2D eigenvalue weighted by atomic mass is 10.00. The number of fused-ring (bicyclic) bond motifs is 1. The average Bonchev–Trinajstić information content (AvgIpc) is 2.54. The monoisotopic (exact) mass is 294 g/mol. The molecule has 1 aromatic heterocycles. The molecule has 0 aliphatic rings. The van der Waals surface area contributed by atoms with Crippen molar-refractivity contribution in [2.24, 2.45) is 7.05 Å². The van der Waals surface area contributed by atoms with E-state index in [1.807, 2.05) is 19.2 Å². The Morgan fingerprint density at radius 3 is 2.32 bits per heavy atom. The van der Waals surface area contributed by atoms with E-state index in [4.69, 9.17) is 9.47 Å². The second-order valence-corrected chi connectivity index (χ2v) is 5.37. The second kappa shape index (κ2) is 6.06. The number of rotatable bonds is 4. The van der Waals surface area contributed by atoms with Crippen molar-refractivity contribution in [1.29, 1.82) is 0 Å². The van der Waals surface area contributed by atoms with Crippen LogP contribution in [-0.4, -0.2) is 14.2 Å². The lowest BCUT2D eigenvalue weighted by Gasteiger charge is -2.12. The van der Waals surface area contributed by atoms with Gasteiger partial charge in [-0.2, -0.15) is 0 Å². The Balaban J connectivity index is 2.18. The molecule has 0 N–H and O–H groups in total. The predicted molar refractivity (Wildman–Crippen MR) is 87.5 cm³/mol. The first-order chi connectivity index (χ1) is 10.7. The Labute approximate surface area is 130 Å². The van der Waals surface area contributed by atoms with Crippen molar-refractivity contribution < 1.29 is 14.0 Å². The summed E-state index contributed by atoms with van der Waals surface area (Å²) >= 11 is 0. The van der Waals surface area contributed by atoms with E-state index in [2.05, 4.69) is 47.3 Å². The summed E-state index contributed by atoms with van der Waals surface area (Å²) in [5.74, 6) is 1.54. The fourth-order valence-corrected chi connectivity index (χ4v) is 2.87. The molecule has 0 saturated heterocycles. The minimum Gasteiger partial charge on any atom is -0.493 e. The van der Waals surface area contributed by atoms with Crippen molar-refractivity contribution in [3.63, 3.8) is 0 Å². The van der Waals surface area contributed by atoms with Gasteiger partial charge in [-0.1, -0.05) is 30.3 Å². The van der Waals surface area contributed by atoms with Gasteiger partial charge in [-0.15, -0.1) is 0 Å². The van der Waals surface area contributed by atoms with Gasteiger partial charge < -0.3 is 9.47 Å². The molecule has 1 heterocycles. The van der Waals surface area contributed by atoms with Crippen molar-refractivity contribution >= 4 is 10.8 Å². The second-order valence-electron chi connectivity index (χ2n) is 5.37. The van der Waals surface area contributed by atoms with Crippen LogP contribution in [0.15, 0.2) is 54.9 Å². The van der Waals surface area contributed by atoms with E-state index < -0.39 is 0 Å². The van der Waals surface area contributed by atoms with E-state index in [0.29, 0.717) is 0 Å². The lowest BCUT2D eigenvalue weighted by molar-refractivity contribution is -0.670. The van der Waals surface area contributed by atoms with Crippen LogP contribution in [0.3, 0.4) is 0 Å². The number of aromatic nitrogens is 1. The fraction of sp³-hybridized carbons (Fsp3) is 0.211. The van der Waals surface area contributed by atoms with E-state index in [9.17, 15) is 0 Å². The Morgan fingerprint density at radius 1 is 0.864 bits per heavy atom. The highest BCUT2D eigenvalue weighted by Gasteiger charge is 2.16. The minimum absolute atomic E-state index is 0.756. The zero-order valence-corrected chi connectivity index (χ0v) is 13.2. The molecule has 0 aliphatic carbocycles.